The maximum Gasteiger partial charge on any atom is 0.255 e. The number of hydrogen-bond acceptors (Lipinski definition) is 5. The van der Waals surface area contributed by atoms with Crippen molar-refractivity contribution in [1.82, 2.24) is 9.88 Å². The van der Waals surface area contributed by atoms with Gasteiger partial charge in [-0.25, -0.2) is 4.98 Å². The lowest BCUT2D eigenvalue weighted by atomic mass is 9.94. The van der Waals surface area contributed by atoms with E-state index in [1.54, 1.807) is 37.3 Å². The molecule has 1 fully saturated rings. The van der Waals surface area contributed by atoms with E-state index < -0.39 is 5.60 Å². The van der Waals surface area contributed by atoms with Crippen molar-refractivity contribution < 1.29 is 14.6 Å². The molecule has 2 N–H and O–H groups in total. The summed E-state index contributed by atoms with van der Waals surface area (Å²) in [6.07, 6.45) is 2.65. The summed E-state index contributed by atoms with van der Waals surface area (Å²) in [5.74, 6) is 0.576. The van der Waals surface area contributed by atoms with E-state index in [-0.39, 0.29) is 5.91 Å². The van der Waals surface area contributed by atoms with Crippen molar-refractivity contribution >= 4 is 11.7 Å². The number of amides is 1. The molecule has 0 bridgehead atoms. The molecule has 1 aromatic rings. The third-order valence-electron chi connectivity index (χ3n) is 3.57. The fourth-order valence-electron chi connectivity index (χ4n) is 2.31. The highest BCUT2D eigenvalue weighted by Gasteiger charge is 2.32. The van der Waals surface area contributed by atoms with E-state index in [1.165, 1.54) is 0 Å². The molecule has 0 unspecified atom stereocenters. The Morgan fingerprint density at radius 1 is 1.50 bits per heavy atom. The van der Waals surface area contributed by atoms with E-state index in [1.807, 2.05) is 0 Å². The molecule has 2 rings (SSSR count). The number of likely N-dealkylation sites (N-methyl/N-ethyl adjacent to an activating group) is 1. The van der Waals surface area contributed by atoms with Crippen molar-refractivity contribution in [2.24, 2.45) is 0 Å². The van der Waals surface area contributed by atoms with Crippen molar-refractivity contribution in [1.29, 1.82) is 0 Å². The largest absolute Gasteiger partial charge is 0.388 e. The van der Waals surface area contributed by atoms with Gasteiger partial charge in [-0.15, -0.1) is 0 Å². The Labute approximate surface area is 118 Å². The molecule has 1 saturated heterocycles. The second-order valence-corrected chi connectivity index (χ2v) is 5.18. The molecule has 0 saturated carbocycles. The summed E-state index contributed by atoms with van der Waals surface area (Å²) < 4.78 is 5.24. The van der Waals surface area contributed by atoms with Crippen LogP contribution in [0.15, 0.2) is 18.3 Å². The average Bonchev–Trinajstić information content (AvgIpc) is 2.47. The maximum atomic E-state index is 12.3. The minimum absolute atomic E-state index is 0.139. The van der Waals surface area contributed by atoms with E-state index in [2.05, 4.69) is 10.3 Å². The van der Waals surface area contributed by atoms with Crippen LogP contribution in [-0.2, 0) is 4.74 Å². The summed E-state index contributed by atoms with van der Waals surface area (Å²) in [6, 6.07) is 3.48. The molecule has 0 spiro atoms. The number of ether oxygens (including phenoxy) is 1. The fraction of sp³-hybridized carbons (Fsp3) is 0.571. The summed E-state index contributed by atoms with van der Waals surface area (Å²) in [5.41, 5.74) is -0.330. The van der Waals surface area contributed by atoms with E-state index >= 15 is 0 Å². The highest BCUT2D eigenvalue weighted by molar-refractivity contribution is 5.94. The Hall–Kier alpha value is -1.66. The first-order chi connectivity index (χ1) is 9.54. The Balaban J connectivity index is 2.00. The van der Waals surface area contributed by atoms with Gasteiger partial charge in [-0.2, -0.15) is 0 Å². The predicted octanol–water partition coefficient (Wildman–Crippen LogP) is 0.737. The van der Waals surface area contributed by atoms with Crippen LogP contribution in [0.1, 0.15) is 23.2 Å². The minimum Gasteiger partial charge on any atom is -0.388 e. The predicted molar refractivity (Wildman–Crippen MR) is 75.7 cm³/mol. The first-order valence-corrected chi connectivity index (χ1v) is 6.73. The molecule has 0 atom stereocenters. The summed E-state index contributed by atoms with van der Waals surface area (Å²) in [5, 5.41) is 13.3. The first kappa shape index (κ1) is 14.7. The summed E-state index contributed by atoms with van der Waals surface area (Å²) in [7, 11) is 3.47. The van der Waals surface area contributed by atoms with Crippen LogP contribution in [0.3, 0.4) is 0 Å². The van der Waals surface area contributed by atoms with Crippen LogP contribution in [0.25, 0.3) is 0 Å². The number of hydrogen-bond donors (Lipinski definition) is 2. The SMILES string of the molecule is CNc1ccc(C(=O)N(C)CC2(O)CCOCC2)cn1. The van der Waals surface area contributed by atoms with Gasteiger partial charge in [0.05, 0.1) is 11.2 Å². The van der Waals surface area contributed by atoms with E-state index in [9.17, 15) is 9.90 Å². The van der Waals surface area contributed by atoms with Crippen molar-refractivity contribution in [3.05, 3.63) is 23.9 Å². The van der Waals surface area contributed by atoms with Crippen LogP contribution in [0.5, 0.6) is 0 Å². The van der Waals surface area contributed by atoms with Gasteiger partial charge in [0.25, 0.3) is 5.91 Å². The lowest BCUT2D eigenvalue weighted by molar-refractivity contribution is -0.0734. The smallest absolute Gasteiger partial charge is 0.255 e. The molecule has 6 heteroatoms. The number of carbonyl (C=O) groups excluding carboxylic acids is 1. The zero-order valence-corrected chi connectivity index (χ0v) is 11.9. The molecule has 1 aliphatic rings. The molecule has 20 heavy (non-hydrogen) atoms. The number of carbonyl (C=O) groups is 1. The number of nitrogens with one attached hydrogen (secondary N) is 1. The van der Waals surface area contributed by atoms with Gasteiger partial charge in [0.15, 0.2) is 0 Å². The van der Waals surface area contributed by atoms with Gasteiger partial charge in [0.1, 0.15) is 5.82 Å². The van der Waals surface area contributed by atoms with Gasteiger partial charge >= 0.3 is 0 Å². The molecular formula is C14H21N3O3. The summed E-state index contributed by atoms with van der Waals surface area (Å²) >= 11 is 0. The van der Waals surface area contributed by atoms with Gasteiger partial charge < -0.3 is 20.1 Å². The molecule has 6 nitrogen and oxygen atoms in total. The van der Waals surface area contributed by atoms with Crippen molar-refractivity contribution in [3.8, 4) is 0 Å². The molecular weight excluding hydrogens is 258 g/mol. The van der Waals surface area contributed by atoms with Crippen molar-refractivity contribution in [2.45, 2.75) is 18.4 Å². The van der Waals surface area contributed by atoms with Gasteiger partial charge in [-0.05, 0) is 12.1 Å². The van der Waals surface area contributed by atoms with Gasteiger partial charge in [0.2, 0.25) is 0 Å². The van der Waals surface area contributed by atoms with Crippen molar-refractivity contribution in [2.75, 3.05) is 39.2 Å². The Kier molecular flexibility index (Phi) is 4.57. The Morgan fingerprint density at radius 3 is 2.75 bits per heavy atom. The summed E-state index contributed by atoms with van der Waals surface area (Å²) in [4.78, 5) is 18.0. The Bertz CT molecular complexity index is 455. The molecule has 0 aromatic carbocycles. The number of aromatic nitrogens is 1. The van der Waals surface area contributed by atoms with Crippen molar-refractivity contribution in [3.63, 3.8) is 0 Å². The highest BCUT2D eigenvalue weighted by atomic mass is 16.5. The van der Waals surface area contributed by atoms with E-state index in [0.717, 1.165) is 0 Å². The van der Waals surface area contributed by atoms with Crippen LogP contribution >= 0.6 is 0 Å². The monoisotopic (exact) mass is 279 g/mol. The molecule has 1 aliphatic heterocycles. The lowest BCUT2D eigenvalue weighted by Crippen LogP contribution is -2.47. The van der Waals surface area contributed by atoms with Crippen LogP contribution in [0.4, 0.5) is 5.82 Å². The van der Waals surface area contributed by atoms with E-state index in [4.69, 9.17) is 4.74 Å². The van der Waals surface area contributed by atoms with Gasteiger partial charge in [-0.1, -0.05) is 0 Å². The van der Waals surface area contributed by atoms with E-state index in [0.29, 0.717) is 44.0 Å². The molecule has 1 aromatic heterocycles. The van der Waals surface area contributed by atoms with Crippen LogP contribution < -0.4 is 5.32 Å². The number of pyridine rings is 1. The third-order valence-corrected chi connectivity index (χ3v) is 3.57. The minimum atomic E-state index is -0.846. The maximum absolute atomic E-state index is 12.3. The second-order valence-electron chi connectivity index (χ2n) is 5.18. The molecule has 0 aliphatic carbocycles. The second kappa shape index (κ2) is 6.19. The average molecular weight is 279 g/mol. The first-order valence-electron chi connectivity index (χ1n) is 6.73. The zero-order chi connectivity index (χ0) is 14.6. The quantitative estimate of drug-likeness (QED) is 0.850. The van der Waals surface area contributed by atoms with Crippen LogP contribution in [0.2, 0.25) is 0 Å². The van der Waals surface area contributed by atoms with Crippen LogP contribution in [-0.4, -0.2) is 60.4 Å². The Morgan fingerprint density at radius 2 is 2.20 bits per heavy atom. The lowest BCUT2D eigenvalue weighted by Gasteiger charge is -2.35. The molecule has 110 valence electrons. The summed E-state index contributed by atoms with van der Waals surface area (Å²) in [6.45, 7) is 1.39. The molecule has 2 heterocycles. The number of anilines is 1. The normalized spacial score (nSPS) is 17.6. The zero-order valence-electron chi connectivity index (χ0n) is 11.9. The third kappa shape index (κ3) is 3.46. The van der Waals surface area contributed by atoms with Crippen LogP contribution in [0, 0.1) is 0 Å². The highest BCUT2D eigenvalue weighted by Crippen LogP contribution is 2.22. The number of nitrogens with zero attached hydrogens (tertiary/aromatic N) is 2. The number of rotatable bonds is 4. The van der Waals surface area contributed by atoms with Gasteiger partial charge in [-0.3, -0.25) is 4.79 Å². The fourth-order valence-corrected chi connectivity index (χ4v) is 2.31. The standard InChI is InChI=1S/C14H21N3O3/c1-15-12-4-3-11(9-16-12)13(18)17(2)10-14(19)5-7-20-8-6-14/h3-4,9,19H,5-8,10H2,1-2H3,(H,15,16). The number of aliphatic hydroxyl groups is 1. The molecule has 1 amide bonds. The van der Waals surface area contributed by atoms with Gasteiger partial charge in [0, 0.05) is 52.9 Å². The molecule has 0 radical (unpaired) electrons. The topological polar surface area (TPSA) is 74.7 Å².